The summed E-state index contributed by atoms with van der Waals surface area (Å²) in [7, 11) is 0. The fourth-order valence-corrected chi connectivity index (χ4v) is 7.33. The monoisotopic (exact) mass is 630 g/mol. The largest absolute Gasteiger partial charge is 0.456 e. The third-order valence-electron chi connectivity index (χ3n) is 9.52. The first kappa shape index (κ1) is 20.7. The molecule has 1 aliphatic heterocycles. The molecular formula is C48H30O. The van der Waals surface area contributed by atoms with Gasteiger partial charge in [0.1, 0.15) is 11.5 Å². The first-order valence-corrected chi connectivity index (χ1v) is 16.2. The van der Waals surface area contributed by atoms with Gasteiger partial charge in [0, 0.05) is 10.9 Å². The quantitative estimate of drug-likeness (QED) is 0.176. The van der Waals surface area contributed by atoms with E-state index < -0.39 is 24.2 Å². The van der Waals surface area contributed by atoms with Crippen molar-refractivity contribution in [3.8, 4) is 67.1 Å². The molecule has 0 unspecified atom stereocenters. The highest BCUT2D eigenvalue weighted by molar-refractivity contribution is 6.21. The number of benzene rings is 9. The molecule has 1 aliphatic rings. The van der Waals surface area contributed by atoms with Crippen LogP contribution in [0.15, 0.2) is 182 Å². The molecule has 49 heavy (non-hydrogen) atoms. The maximum Gasteiger partial charge on any atom is 0.135 e. The Morgan fingerprint density at radius 1 is 0.347 bits per heavy atom. The SMILES string of the molecule is [2H]c1c([2H])c([2H])c2c(-c3cccc(-c4ccccc4)c3)c3c([2H])c([2H])c([2H])c([2H])c3c(-c3ccc(-c4ccc5c6c(cccc46)Oc4ccccc4-5)cc3)c2c1[2H]. The molecule has 0 radical (unpaired) electrons. The zero-order chi connectivity index (χ0) is 39.3. The maximum atomic E-state index is 9.34. The van der Waals surface area contributed by atoms with Crippen molar-refractivity contribution in [1.29, 1.82) is 0 Å². The van der Waals surface area contributed by atoms with Gasteiger partial charge in [-0.1, -0.05) is 164 Å². The molecule has 9 aromatic rings. The van der Waals surface area contributed by atoms with Crippen LogP contribution in [0.4, 0.5) is 0 Å². The van der Waals surface area contributed by atoms with Crippen molar-refractivity contribution in [3.05, 3.63) is 182 Å². The zero-order valence-corrected chi connectivity index (χ0v) is 26.1. The van der Waals surface area contributed by atoms with Gasteiger partial charge in [-0.15, -0.1) is 0 Å². The number of fused-ring (bicyclic) bond motifs is 4. The minimum Gasteiger partial charge on any atom is -0.456 e. The molecule has 0 aromatic heterocycles. The molecule has 0 N–H and O–H groups in total. The lowest BCUT2D eigenvalue weighted by atomic mass is 9.85. The number of ether oxygens (including phenoxy) is 1. The number of rotatable bonds is 4. The first-order valence-electron chi connectivity index (χ1n) is 20.2. The Balaban J connectivity index is 1.26. The number of para-hydroxylation sites is 1. The average Bonchev–Trinajstić information content (AvgIpc) is 3.25. The molecule has 0 saturated carbocycles. The second kappa shape index (κ2) is 11.1. The predicted octanol–water partition coefficient (Wildman–Crippen LogP) is 13.6. The summed E-state index contributed by atoms with van der Waals surface area (Å²) in [6, 6.07) is 40.2. The Morgan fingerprint density at radius 2 is 0.898 bits per heavy atom. The average molecular weight is 631 g/mol. The maximum absolute atomic E-state index is 9.34. The molecule has 0 aliphatic carbocycles. The van der Waals surface area contributed by atoms with E-state index >= 15 is 0 Å². The topological polar surface area (TPSA) is 9.23 Å². The molecule has 0 spiro atoms. The Hall–Kier alpha value is -6.44. The van der Waals surface area contributed by atoms with Crippen molar-refractivity contribution in [2.75, 3.05) is 0 Å². The molecule has 0 bridgehead atoms. The van der Waals surface area contributed by atoms with Gasteiger partial charge in [-0.3, -0.25) is 0 Å². The lowest BCUT2D eigenvalue weighted by Crippen LogP contribution is -1.97. The molecular weight excluding hydrogens is 593 g/mol. The Morgan fingerprint density at radius 3 is 1.63 bits per heavy atom. The summed E-state index contributed by atoms with van der Waals surface area (Å²) in [5, 5.41) is 2.76. The molecule has 1 heteroatoms. The standard InChI is InChI=1S/C48H30O/c1-2-12-31(13-3-1)34-14-10-15-35(30-34)47-41-19-6-4-17-39(41)46(40-18-5-7-20-42(40)47)33-26-24-32(25-27-33)36-28-29-43-37-16-8-9-22-44(37)49-45-23-11-21-38(36)48(43)45/h1-30H/i4D,5D,6D,7D,17D,18D,19D,20D. The van der Waals surface area contributed by atoms with Crippen molar-refractivity contribution in [2.45, 2.75) is 0 Å². The van der Waals surface area contributed by atoms with Gasteiger partial charge in [0.15, 0.2) is 0 Å². The van der Waals surface area contributed by atoms with Crippen molar-refractivity contribution in [2.24, 2.45) is 0 Å². The highest BCUT2D eigenvalue weighted by Crippen LogP contribution is 2.49. The highest BCUT2D eigenvalue weighted by atomic mass is 16.5. The fraction of sp³-hybridized carbons (Fsp3) is 0. The molecule has 0 fully saturated rings. The van der Waals surface area contributed by atoms with Crippen LogP contribution in [0.3, 0.4) is 0 Å². The van der Waals surface area contributed by atoms with E-state index in [4.69, 9.17) is 10.2 Å². The van der Waals surface area contributed by atoms with Gasteiger partial charge in [0.05, 0.1) is 11.0 Å². The van der Waals surface area contributed by atoms with Gasteiger partial charge in [-0.2, -0.15) is 0 Å². The first-order chi connectivity index (χ1) is 27.6. The van der Waals surface area contributed by atoms with Crippen LogP contribution in [-0.2, 0) is 0 Å². The highest BCUT2D eigenvalue weighted by Gasteiger charge is 2.22. The summed E-state index contributed by atoms with van der Waals surface area (Å²) >= 11 is 0. The van der Waals surface area contributed by atoms with E-state index in [1.54, 1.807) is 0 Å². The molecule has 0 amide bonds. The van der Waals surface area contributed by atoms with Crippen molar-refractivity contribution in [3.63, 3.8) is 0 Å². The lowest BCUT2D eigenvalue weighted by molar-refractivity contribution is 0.487. The Kier molecular flexibility index (Phi) is 4.69. The molecule has 10 rings (SSSR count). The van der Waals surface area contributed by atoms with Crippen molar-refractivity contribution < 1.29 is 15.7 Å². The van der Waals surface area contributed by atoms with Gasteiger partial charge < -0.3 is 4.74 Å². The van der Waals surface area contributed by atoms with Gasteiger partial charge in [-0.25, -0.2) is 0 Å². The summed E-state index contributed by atoms with van der Waals surface area (Å²) in [6.45, 7) is 0. The van der Waals surface area contributed by atoms with Crippen LogP contribution in [0.2, 0.25) is 0 Å². The fourth-order valence-electron chi connectivity index (χ4n) is 7.33. The third-order valence-corrected chi connectivity index (χ3v) is 9.52. The molecule has 1 heterocycles. The molecule has 0 saturated heterocycles. The van der Waals surface area contributed by atoms with Crippen LogP contribution in [0.5, 0.6) is 11.5 Å². The van der Waals surface area contributed by atoms with E-state index in [2.05, 4.69) is 24.3 Å². The van der Waals surface area contributed by atoms with E-state index in [0.29, 0.717) is 22.3 Å². The second-order valence-corrected chi connectivity index (χ2v) is 12.2. The third kappa shape index (κ3) is 4.40. The van der Waals surface area contributed by atoms with Crippen LogP contribution in [0, 0.1) is 0 Å². The van der Waals surface area contributed by atoms with Gasteiger partial charge in [-0.05, 0) is 95.2 Å². The van der Waals surface area contributed by atoms with E-state index in [1.165, 1.54) is 0 Å². The lowest BCUT2D eigenvalue weighted by Gasteiger charge is -2.22. The van der Waals surface area contributed by atoms with Crippen LogP contribution in [0.25, 0.3) is 88.0 Å². The molecule has 228 valence electrons. The second-order valence-electron chi connectivity index (χ2n) is 12.2. The number of hydrogen-bond acceptors (Lipinski definition) is 1. The molecule has 9 aromatic carbocycles. The smallest absolute Gasteiger partial charge is 0.135 e. The van der Waals surface area contributed by atoms with E-state index in [9.17, 15) is 5.48 Å². The minimum absolute atomic E-state index is 0.184. The van der Waals surface area contributed by atoms with E-state index in [0.717, 1.165) is 55.7 Å². The van der Waals surface area contributed by atoms with Gasteiger partial charge in [0.2, 0.25) is 0 Å². The Bertz CT molecular complexity index is 3100. The zero-order valence-electron chi connectivity index (χ0n) is 34.1. The minimum atomic E-state index is -0.429. The predicted molar refractivity (Wildman–Crippen MR) is 206 cm³/mol. The molecule has 1 nitrogen and oxygen atoms in total. The van der Waals surface area contributed by atoms with E-state index in [1.807, 2.05) is 109 Å². The van der Waals surface area contributed by atoms with Crippen LogP contribution >= 0.6 is 0 Å². The summed E-state index contributed by atoms with van der Waals surface area (Å²) in [5.74, 6) is 1.58. The summed E-state index contributed by atoms with van der Waals surface area (Å²) in [4.78, 5) is 0. The van der Waals surface area contributed by atoms with Crippen LogP contribution < -0.4 is 4.74 Å². The summed E-state index contributed by atoms with van der Waals surface area (Å²) in [5.41, 5.74) is 7.51. The normalized spacial score (nSPS) is 14.1. The van der Waals surface area contributed by atoms with E-state index in [-0.39, 0.29) is 45.7 Å². The van der Waals surface area contributed by atoms with Crippen LogP contribution in [0.1, 0.15) is 11.0 Å². The summed E-state index contributed by atoms with van der Waals surface area (Å²) < 4.78 is 78.8. The number of hydrogen-bond donors (Lipinski definition) is 0. The summed E-state index contributed by atoms with van der Waals surface area (Å²) in [6.07, 6.45) is 0. The van der Waals surface area contributed by atoms with Gasteiger partial charge >= 0.3 is 0 Å². The van der Waals surface area contributed by atoms with Crippen molar-refractivity contribution in [1.82, 2.24) is 0 Å². The molecule has 0 atom stereocenters. The Labute approximate surface area is 296 Å². The van der Waals surface area contributed by atoms with Crippen LogP contribution in [-0.4, -0.2) is 0 Å². The van der Waals surface area contributed by atoms with Gasteiger partial charge in [0.25, 0.3) is 0 Å². The van der Waals surface area contributed by atoms with Crippen molar-refractivity contribution >= 4 is 32.3 Å².